The van der Waals surface area contributed by atoms with Crippen molar-refractivity contribution in [3.63, 3.8) is 0 Å². The Balaban J connectivity index is 2.29. The van der Waals surface area contributed by atoms with Crippen molar-refractivity contribution in [1.29, 1.82) is 0 Å². The van der Waals surface area contributed by atoms with Gasteiger partial charge in [0, 0.05) is 41.6 Å². The quantitative estimate of drug-likeness (QED) is 0.599. The van der Waals surface area contributed by atoms with E-state index in [1.165, 1.54) is 22.2 Å². The van der Waals surface area contributed by atoms with Gasteiger partial charge in [0.15, 0.2) is 0 Å². The van der Waals surface area contributed by atoms with Gasteiger partial charge in [0.1, 0.15) is 0 Å². The minimum absolute atomic E-state index is 1.19. The molecule has 0 unspecified atom stereocenters. The summed E-state index contributed by atoms with van der Waals surface area (Å²) in [5.74, 6) is 0. The second kappa shape index (κ2) is 3.49. The number of aromatic nitrogens is 2. The van der Waals surface area contributed by atoms with Gasteiger partial charge in [0.05, 0.1) is 0 Å². The molecule has 2 nitrogen and oxygen atoms in total. The summed E-state index contributed by atoms with van der Waals surface area (Å²) in [5.41, 5.74) is 3.62. The lowest BCUT2D eigenvalue weighted by molar-refractivity contribution is 0.977. The first kappa shape index (κ1) is 9.16. The van der Waals surface area contributed by atoms with E-state index >= 15 is 0 Å². The van der Waals surface area contributed by atoms with Gasteiger partial charge in [-0.25, -0.2) is 0 Å². The average molecular weight is 207 g/mol. The van der Waals surface area contributed by atoms with Crippen LogP contribution in [0.25, 0.3) is 22.2 Å². The molecule has 0 spiro atoms. The molecule has 1 radical (unpaired) electrons. The predicted octanol–water partition coefficient (Wildman–Crippen LogP) is 3.04. The van der Waals surface area contributed by atoms with Crippen molar-refractivity contribution in [2.45, 2.75) is 0 Å². The van der Waals surface area contributed by atoms with E-state index in [1.807, 2.05) is 36.7 Å². The highest BCUT2D eigenvalue weighted by atomic mass is 14.9. The Labute approximate surface area is 94.2 Å². The summed E-state index contributed by atoms with van der Waals surface area (Å²) in [4.78, 5) is 4.04. The molecule has 0 saturated heterocycles. The van der Waals surface area contributed by atoms with E-state index in [9.17, 15) is 0 Å². The molecule has 3 aromatic rings. The number of hydrogen-bond donors (Lipinski definition) is 0. The van der Waals surface area contributed by atoms with Gasteiger partial charge in [0.2, 0.25) is 0 Å². The molecular formula is C14H11N2. The lowest BCUT2D eigenvalue weighted by atomic mass is 10.2. The fourth-order valence-electron chi connectivity index (χ4n) is 2.03. The molecule has 0 aliphatic heterocycles. The van der Waals surface area contributed by atoms with E-state index in [4.69, 9.17) is 0 Å². The number of fused-ring (bicyclic) bond motifs is 1. The SMILES string of the molecule is Cn1c(-c2ccncc2)cc2c[c]ccc21. The molecule has 0 N–H and O–H groups in total. The number of aryl methyl sites for hydroxylation is 1. The summed E-state index contributed by atoms with van der Waals surface area (Å²) in [6.07, 6.45) is 3.64. The van der Waals surface area contributed by atoms with Crippen LogP contribution >= 0.6 is 0 Å². The van der Waals surface area contributed by atoms with Crippen molar-refractivity contribution in [2.24, 2.45) is 7.05 Å². The lowest BCUT2D eigenvalue weighted by Crippen LogP contribution is -1.90. The van der Waals surface area contributed by atoms with Crippen LogP contribution in [-0.4, -0.2) is 9.55 Å². The van der Waals surface area contributed by atoms with Gasteiger partial charge < -0.3 is 4.57 Å². The van der Waals surface area contributed by atoms with Crippen LogP contribution in [0.5, 0.6) is 0 Å². The van der Waals surface area contributed by atoms with Crippen molar-refractivity contribution in [3.05, 3.63) is 54.9 Å². The van der Waals surface area contributed by atoms with E-state index in [1.54, 1.807) is 0 Å². The minimum Gasteiger partial charge on any atom is -0.344 e. The second-order valence-electron chi connectivity index (χ2n) is 3.81. The summed E-state index contributed by atoms with van der Waals surface area (Å²) in [6.45, 7) is 0. The third-order valence-corrected chi connectivity index (χ3v) is 2.86. The Morgan fingerprint density at radius 1 is 1.19 bits per heavy atom. The van der Waals surface area contributed by atoms with Gasteiger partial charge in [-0.1, -0.05) is 6.07 Å². The summed E-state index contributed by atoms with van der Waals surface area (Å²) in [5, 5.41) is 1.22. The zero-order chi connectivity index (χ0) is 11.0. The third kappa shape index (κ3) is 1.31. The van der Waals surface area contributed by atoms with Gasteiger partial charge in [-0.3, -0.25) is 4.98 Å². The molecule has 0 bridgehead atoms. The third-order valence-electron chi connectivity index (χ3n) is 2.86. The summed E-state index contributed by atoms with van der Waals surface area (Å²) >= 11 is 0. The number of hydrogen-bond acceptors (Lipinski definition) is 1. The maximum atomic E-state index is 4.04. The molecular weight excluding hydrogens is 196 g/mol. The van der Waals surface area contributed by atoms with Gasteiger partial charge in [0.25, 0.3) is 0 Å². The first-order valence-electron chi connectivity index (χ1n) is 5.22. The van der Waals surface area contributed by atoms with E-state index in [0.717, 1.165) is 0 Å². The molecule has 2 aromatic heterocycles. The molecule has 16 heavy (non-hydrogen) atoms. The number of benzene rings is 1. The highest BCUT2D eigenvalue weighted by Gasteiger charge is 2.06. The van der Waals surface area contributed by atoms with E-state index in [2.05, 4.69) is 34.8 Å². The Morgan fingerprint density at radius 3 is 2.75 bits per heavy atom. The molecule has 2 heteroatoms. The molecule has 0 atom stereocenters. The standard InChI is InChI=1S/C14H11N2/c1-16-13-5-3-2-4-12(13)10-14(16)11-6-8-15-9-7-11/h3-10H,1H3. The number of rotatable bonds is 1. The van der Waals surface area contributed by atoms with Crippen LogP contribution in [0.4, 0.5) is 0 Å². The van der Waals surface area contributed by atoms with Crippen LogP contribution in [0.2, 0.25) is 0 Å². The molecule has 3 rings (SSSR count). The van der Waals surface area contributed by atoms with Gasteiger partial charge in [-0.2, -0.15) is 0 Å². The van der Waals surface area contributed by atoms with Crippen LogP contribution < -0.4 is 0 Å². The predicted molar refractivity (Wildman–Crippen MR) is 65.0 cm³/mol. The van der Waals surface area contributed by atoms with Crippen molar-refractivity contribution < 1.29 is 0 Å². The Hall–Kier alpha value is -2.09. The maximum Gasteiger partial charge on any atom is 0.0489 e. The number of pyridine rings is 1. The number of nitrogens with zero attached hydrogens (tertiary/aromatic N) is 2. The van der Waals surface area contributed by atoms with Crippen LogP contribution in [0.3, 0.4) is 0 Å². The molecule has 0 amide bonds. The maximum absolute atomic E-state index is 4.04. The zero-order valence-corrected chi connectivity index (χ0v) is 9.01. The van der Waals surface area contributed by atoms with Crippen molar-refractivity contribution in [1.82, 2.24) is 9.55 Å². The van der Waals surface area contributed by atoms with Gasteiger partial charge >= 0.3 is 0 Å². The fourth-order valence-corrected chi connectivity index (χ4v) is 2.03. The monoisotopic (exact) mass is 207 g/mol. The smallest absolute Gasteiger partial charge is 0.0489 e. The van der Waals surface area contributed by atoms with Crippen molar-refractivity contribution in [3.8, 4) is 11.3 Å². The highest BCUT2D eigenvalue weighted by Crippen LogP contribution is 2.26. The van der Waals surface area contributed by atoms with Crippen LogP contribution in [0.15, 0.2) is 48.8 Å². The normalized spacial score (nSPS) is 10.8. The van der Waals surface area contributed by atoms with Crippen LogP contribution in [-0.2, 0) is 7.05 Å². The molecule has 77 valence electrons. The van der Waals surface area contributed by atoms with Crippen molar-refractivity contribution in [2.75, 3.05) is 0 Å². The van der Waals surface area contributed by atoms with Gasteiger partial charge in [-0.15, -0.1) is 0 Å². The molecule has 0 aliphatic carbocycles. The second-order valence-corrected chi connectivity index (χ2v) is 3.81. The zero-order valence-electron chi connectivity index (χ0n) is 9.01. The molecule has 0 fully saturated rings. The highest BCUT2D eigenvalue weighted by molar-refractivity contribution is 5.86. The fraction of sp³-hybridized carbons (Fsp3) is 0.0714. The largest absolute Gasteiger partial charge is 0.344 e. The van der Waals surface area contributed by atoms with E-state index in [-0.39, 0.29) is 0 Å². The van der Waals surface area contributed by atoms with Crippen molar-refractivity contribution >= 4 is 10.9 Å². The minimum atomic E-state index is 1.19. The Morgan fingerprint density at radius 2 is 2.00 bits per heavy atom. The van der Waals surface area contributed by atoms with Crippen LogP contribution in [0.1, 0.15) is 0 Å². The first-order valence-corrected chi connectivity index (χ1v) is 5.22. The first-order chi connectivity index (χ1) is 7.86. The van der Waals surface area contributed by atoms with E-state index < -0.39 is 0 Å². The Kier molecular flexibility index (Phi) is 2.00. The average Bonchev–Trinajstić information content (AvgIpc) is 2.69. The molecule has 1 aromatic carbocycles. The molecule has 0 saturated carbocycles. The van der Waals surface area contributed by atoms with Gasteiger partial charge in [-0.05, 0) is 36.4 Å². The summed E-state index contributed by atoms with van der Waals surface area (Å²) < 4.78 is 2.19. The Bertz CT molecular complexity index is 624. The summed E-state index contributed by atoms with van der Waals surface area (Å²) in [6, 6.07) is 15.4. The van der Waals surface area contributed by atoms with E-state index in [0.29, 0.717) is 0 Å². The lowest BCUT2D eigenvalue weighted by Gasteiger charge is -2.03. The topological polar surface area (TPSA) is 17.8 Å². The molecule has 2 heterocycles. The summed E-state index contributed by atoms with van der Waals surface area (Å²) in [7, 11) is 2.08. The van der Waals surface area contributed by atoms with Crippen LogP contribution in [0, 0.1) is 6.07 Å². The molecule has 0 aliphatic rings.